The summed E-state index contributed by atoms with van der Waals surface area (Å²) in [5.74, 6) is -1.09. The smallest absolute Gasteiger partial charge is 0.313 e. The highest BCUT2D eigenvalue weighted by Gasteiger charge is 2.25. The summed E-state index contributed by atoms with van der Waals surface area (Å²) in [6.07, 6.45) is -0.0799. The lowest BCUT2D eigenvalue weighted by Crippen LogP contribution is -2.18. The van der Waals surface area contributed by atoms with Crippen LogP contribution in [0.3, 0.4) is 0 Å². The summed E-state index contributed by atoms with van der Waals surface area (Å²) >= 11 is 0. The van der Waals surface area contributed by atoms with E-state index in [1.807, 2.05) is 0 Å². The molecule has 0 saturated heterocycles. The van der Waals surface area contributed by atoms with Gasteiger partial charge >= 0.3 is 11.9 Å². The van der Waals surface area contributed by atoms with E-state index in [1.165, 1.54) is 14.2 Å². The Balaban J connectivity index is 2.63. The number of hydrogen-bond donors (Lipinski definition) is 0. The number of benzene rings is 1. The fourth-order valence-corrected chi connectivity index (χ4v) is 1.84. The van der Waals surface area contributed by atoms with Crippen LogP contribution in [0.4, 0.5) is 0 Å². The predicted molar refractivity (Wildman–Crippen MR) is 81.2 cm³/mol. The van der Waals surface area contributed by atoms with Crippen molar-refractivity contribution in [3.8, 4) is 5.75 Å². The molecule has 7 heteroatoms. The molecule has 1 unspecified atom stereocenters. The molecule has 0 saturated carbocycles. The van der Waals surface area contributed by atoms with E-state index in [9.17, 15) is 9.59 Å². The monoisotopic (exact) mass is 326 g/mol. The molecule has 0 fully saturated rings. The van der Waals surface area contributed by atoms with Gasteiger partial charge in [0.1, 0.15) is 5.75 Å². The third kappa shape index (κ3) is 6.66. The van der Waals surface area contributed by atoms with Crippen LogP contribution in [-0.4, -0.2) is 53.3 Å². The second kappa shape index (κ2) is 10.6. The maximum atomic E-state index is 11.8. The Morgan fingerprint density at radius 3 is 2.26 bits per heavy atom. The molecule has 0 aromatic heterocycles. The molecule has 1 rings (SSSR count). The Morgan fingerprint density at radius 1 is 1.00 bits per heavy atom. The molecule has 0 aliphatic carbocycles. The topological polar surface area (TPSA) is 80.3 Å². The third-order valence-corrected chi connectivity index (χ3v) is 3.11. The fourth-order valence-electron chi connectivity index (χ4n) is 1.84. The lowest BCUT2D eigenvalue weighted by atomic mass is 9.96. The van der Waals surface area contributed by atoms with Crippen molar-refractivity contribution in [2.45, 2.75) is 12.3 Å². The van der Waals surface area contributed by atoms with E-state index >= 15 is 0 Å². The standard InChI is InChI=1S/C16H22O7/c1-19-8-9-22-11-23-13-6-4-12(5-7-13)14(16(18)21-3)10-15(17)20-2/h4-7,14H,8-11H2,1-3H3. The first-order valence-electron chi connectivity index (χ1n) is 7.06. The Labute approximate surface area is 135 Å². The molecule has 7 nitrogen and oxygen atoms in total. The van der Waals surface area contributed by atoms with E-state index in [0.717, 1.165) is 0 Å². The second-order valence-corrected chi connectivity index (χ2v) is 4.59. The molecule has 0 heterocycles. The summed E-state index contributed by atoms with van der Waals surface area (Å²) in [6, 6.07) is 6.80. The number of methoxy groups -OCH3 is 3. The van der Waals surface area contributed by atoms with Crippen LogP contribution in [-0.2, 0) is 28.5 Å². The van der Waals surface area contributed by atoms with E-state index in [-0.39, 0.29) is 13.2 Å². The van der Waals surface area contributed by atoms with Gasteiger partial charge in [0.2, 0.25) is 0 Å². The molecular weight excluding hydrogens is 304 g/mol. The van der Waals surface area contributed by atoms with E-state index in [2.05, 4.69) is 4.74 Å². The fraction of sp³-hybridized carbons (Fsp3) is 0.500. The van der Waals surface area contributed by atoms with Crippen molar-refractivity contribution in [1.29, 1.82) is 0 Å². The van der Waals surface area contributed by atoms with Gasteiger partial charge in [0.25, 0.3) is 0 Å². The van der Waals surface area contributed by atoms with Crippen LogP contribution < -0.4 is 4.74 Å². The lowest BCUT2D eigenvalue weighted by molar-refractivity contribution is -0.149. The number of ether oxygens (including phenoxy) is 5. The number of rotatable bonds is 10. The van der Waals surface area contributed by atoms with Gasteiger partial charge in [-0.2, -0.15) is 0 Å². The molecule has 0 spiro atoms. The van der Waals surface area contributed by atoms with Crippen molar-refractivity contribution in [3.63, 3.8) is 0 Å². The van der Waals surface area contributed by atoms with Crippen molar-refractivity contribution in [2.75, 3.05) is 41.3 Å². The molecule has 128 valence electrons. The van der Waals surface area contributed by atoms with Crippen LogP contribution in [0.25, 0.3) is 0 Å². The highest BCUT2D eigenvalue weighted by molar-refractivity contribution is 5.84. The van der Waals surface area contributed by atoms with Gasteiger partial charge in [0.05, 0.1) is 39.8 Å². The number of carbonyl (C=O) groups excluding carboxylic acids is 2. The molecule has 0 aliphatic rings. The molecule has 23 heavy (non-hydrogen) atoms. The SMILES string of the molecule is COCCOCOc1ccc(C(CC(=O)OC)C(=O)OC)cc1. The van der Waals surface area contributed by atoms with Gasteiger partial charge in [-0.3, -0.25) is 9.59 Å². The van der Waals surface area contributed by atoms with Gasteiger partial charge in [0, 0.05) is 7.11 Å². The molecule has 0 amide bonds. The Bertz CT molecular complexity index is 484. The van der Waals surface area contributed by atoms with Gasteiger partial charge < -0.3 is 23.7 Å². The van der Waals surface area contributed by atoms with E-state index in [0.29, 0.717) is 24.5 Å². The summed E-state index contributed by atoms with van der Waals surface area (Å²) in [5.41, 5.74) is 0.648. The van der Waals surface area contributed by atoms with Crippen molar-refractivity contribution in [3.05, 3.63) is 29.8 Å². The Hall–Kier alpha value is -2.12. The van der Waals surface area contributed by atoms with E-state index in [1.54, 1.807) is 31.4 Å². The average molecular weight is 326 g/mol. The van der Waals surface area contributed by atoms with Gasteiger partial charge in [-0.1, -0.05) is 12.1 Å². The minimum atomic E-state index is -0.709. The van der Waals surface area contributed by atoms with E-state index < -0.39 is 17.9 Å². The summed E-state index contributed by atoms with van der Waals surface area (Å²) < 4.78 is 24.8. The molecule has 0 N–H and O–H groups in total. The first kappa shape index (κ1) is 18.9. The van der Waals surface area contributed by atoms with Crippen molar-refractivity contribution in [2.24, 2.45) is 0 Å². The van der Waals surface area contributed by atoms with Crippen LogP contribution in [0.15, 0.2) is 24.3 Å². The molecule has 1 atom stereocenters. The molecule has 0 aliphatic heterocycles. The molecular formula is C16H22O7. The maximum absolute atomic E-state index is 11.8. The normalized spacial score (nSPS) is 11.6. The molecule has 1 aromatic carbocycles. The number of hydrogen-bond acceptors (Lipinski definition) is 7. The minimum Gasteiger partial charge on any atom is -0.469 e. The van der Waals surface area contributed by atoms with E-state index in [4.69, 9.17) is 18.9 Å². The van der Waals surface area contributed by atoms with Gasteiger partial charge in [-0.05, 0) is 17.7 Å². The van der Waals surface area contributed by atoms with Crippen LogP contribution >= 0.6 is 0 Å². The van der Waals surface area contributed by atoms with Crippen molar-refractivity contribution < 1.29 is 33.3 Å². The second-order valence-electron chi connectivity index (χ2n) is 4.59. The predicted octanol–water partition coefficient (Wildman–Crippen LogP) is 1.51. The first-order chi connectivity index (χ1) is 11.1. The summed E-state index contributed by atoms with van der Waals surface area (Å²) in [5, 5.41) is 0. The zero-order valence-electron chi connectivity index (χ0n) is 13.6. The van der Waals surface area contributed by atoms with Gasteiger partial charge in [-0.25, -0.2) is 0 Å². The van der Waals surface area contributed by atoms with Crippen LogP contribution in [0, 0.1) is 0 Å². The Morgan fingerprint density at radius 2 is 1.70 bits per heavy atom. The molecule has 1 aromatic rings. The van der Waals surface area contributed by atoms with Crippen LogP contribution in [0.1, 0.15) is 17.9 Å². The molecule has 0 bridgehead atoms. The van der Waals surface area contributed by atoms with Gasteiger partial charge in [0.15, 0.2) is 6.79 Å². The number of carbonyl (C=O) groups is 2. The minimum absolute atomic E-state index is 0.0799. The summed E-state index contributed by atoms with van der Waals surface area (Å²) in [7, 11) is 4.15. The first-order valence-corrected chi connectivity index (χ1v) is 7.06. The summed E-state index contributed by atoms with van der Waals surface area (Å²) in [6.45, 7) is 1.04. The highest BCUT2D eigenvalue weighted by atomic mass is 16.7. The zero-order chi connectivity index (χ0) is 17.1. The largest absolute Gasteiger partial charge is 0.469 e. The Kier molecular flexibility index (Phi) is 8.71. The van der Waals surface area contributed by atoms with Crippen LogP contribution in [0.2, 0.25) is 0 Å². The van der Waals surface area contributed by atoms with Gasteiger partial charge in [-0.15, -0.1) is 0 Å². The third-order valence-electron chi connectivity index (χ3n) is 3.11. The molecule has 0 radical (unpaired) electrons. The summed E-state index contributed by atoms with van der Waals surface area (Å²) in [4.78, 5) is 23.3. The number of esters is 2. The average Bonchev–Trinajstić information content (AvgIpc) is 2.59. The quantitative estimate of drug-likeness (QED) is 0.366. The van der Waals surface area contributed by atoms with Crippen molar-refractivity contribution in [1.82, 2.24) is 0 Å². The lowest BCUT2D eigenvalue weighted by Gasteiger charge is -2.14. The van der Waals surface area contributed by atoms with Crippen LogP contribution in [0.5, 0.6) is 5.75 Å². The zero-order valence-corrected chi connectivity index (χ0v) is 13.6. The highest BCUT2D eigenvalue weighted by Crippen LogP contribution is 2.24. The van der Waals surface area contributed by atoms with Crippen molar-refractivity contribution >= 4 is 11.9 Å². The maximum Gasteiger partial charge on any atom is 0.313 e.